The van der Waals surface area contributed by atoms with Gasteiger partial charge in [0.2, 0.25) is 5.82 Å². The summed E-state index contributed by atoms with van der Waals surface area (Å²) < 4.78 is 30.5. The minimum Gasteiger partial charge on any atom is -0.460 e. The third-order valence-corrected chi connectivity index (χ3v) is 4.79. The maximum absolute atomic E-state index is 13.5. The van der Waals surface area contributed by atoms with Crippen molar-refractivity contribution < 1.29 is 28.5 Å². The topological polar surface area (TPSA) is 132 Å². The van der Waals surface area contributed by atoms with Crippen molar-refractivity contribution >= 4 is 5.97 Å². The fourth-order valence-electron chi connectivity index (χ4n) is 3.01. The zero-order valence-corrected chi connectivity index (χ0v) is 16.8. The van der Waals surface area contributed by atoms with Crippen LogP contribution in [0.3, 0.4) is 0 Å². The Morgan fingerprint density at radius 1 is 1.39 bits per heavy atom. The number of rotatable bonds is 9. The van der Waals surface area contributed by atoms with Gasteiger partial charge in [0.15, 0.2) is 0 Å². The van der Waals surface area contributed by atoms with E-state index >= 15 is 0 Å². The van der Waals surface area contributed by atoms with E-state index in [1.807, 2.05) is 35.3 Å². The molecule has 1 aliphatic rings. The summed E-state index contributed by atoms with van der Waals surface area (Å²) in [5, 5.41) is 13.0. The van der Waals surface area contributed by atoms with Gasteiger partial charge in [-0.05, 0) is 12.5 Å². The maximum Gasteiger partial charge on any atom is 0.330 e. The highest BCUT2D eigenvalue weighted by Crippen LogP contribution is 2.27. The molecule has 0 amide bonds. The first kappa shape index (κ1) is 22.8. The van der Waals surface area contributed by atoms with Gasteiger partial charge < -0.3 is 19.3 Å². The summed E-state index contributed by atoms with van der Waals surface area (Å²) in [5.74, 6) is -1.57. The third kappa shape index (κ3) is 6.07. The molecule has 10 nitrogen and oxygen atoms in total. The number of aliphatic hydroxyl groups excluding tert-OH is 1. The normalized spacial score (nSPS) is 21.7. The number of hydrogen-bond acceptors (Lipinski definition) is 8. The van der Waals surface area contributed by atoms with Crippen molar-refractivity contribution in [3.63, 3.8) is 0 Å². The van der Waals surface area contributed by atoms with E-state index in [9.17, 15) is 23.9 Å². The summed E-state index contributed by atoms with van der Waals surface area (Å²) in [6.45, 7) is 1.76. The molecule has 11 heteroatoms. The van der Waals surface area contributed by atoms with Crippen LogP contribution in [-0.4, -0.2) is 52.2 Å². The van der Waals surface area contributed by atoms with E-state index in [-0.39, 0.29) is 26.4 Å². The van der Waals surface area contributed by atoms with Gasteiger partial charge >= 0.3 is 11.7 Å². The Balaban J connectivity index is 1.40. The summed E-state index contributed by atoms with van der Waals surface area (Å²) in [6, 6.07) is 8.67. The molecule has 2 heterocycles. The fraction of sp³-hybridized carbons (Fsp3) is 0.450. The summed E-state index contributed by atoms with van der Waals surface area (Å²) in [7, 11) is 0. The van der Waals surface area contributed by atoms with Gasteiger partial charge in [-0.15, -0.1) is 0 Å². The minimum absolute atomic E-state index is 0.00785. The zero-order chi connectivity index (χ0) is 22.4. The van der Waals surface area contributed by atoms with Gasteiger partial charge in [0.1, 0.15) is 25.0 Å². The van der Waals surface area contributed by atoms with Crippen molar-refractivity contribution in [2.24, 2.45) is 0 Å². The van der Waals surface area contributed by atoms with Crippen LogP contribution in [0.15, 0.2) is 46.1 Å². The second kappa shape index (κ2) is 10.4. The van der Waals surface area contributed by atoms with Crippen LogP contribution in [0.5, 0.6) is 0 Å². The van der Waals surface area contributed by atoms with E-state index < -0.39 is 47.5 Å². The van der Waals surface area contributed by atoms with E-state index in [1.54, 1.807) is 6.92 Å². The molecule has 1 aromatic heterocycles. The van der Waals surface area contributed by atoms with Crippen LogP contribution in [0.25, 0.3) is 0 Å². The number of H-pyrrole nitrogens is 1. The summed E-state index contributed by atoms with van der Waals surface area (Å²) in [6.07, 6.45) is -1.90. The lowest BCUT2D eigenvalue weighted by Gasteiger charge is -2.17. The standard InChI is InChI=1S/C20H24FN3O7/c1-12(19(27)30-9-13-5-3-2-4-6-13)22-11-29-10-16-15(25)7-17(31-16)24-8-14(21)18(26)23-20(24)28/h2-6,8,12,15-17,22,25H,7,9-11H2,1H3,(H,23,26,28)/t12-,15+,16?,17+/m0/s1. The second-order valence-corrected chi connectivity index (χ2v) is 7.11. The first-order chi connectivity index (χ1) is 14.8. The quantitative estimate of drug-likeness (QED) is 0.284. The largest absolute Gasteiger partial charge is 0.460 e. The number of carbonyl (C=O) groups excluding carboxylic acids is 1. The van der Waals surface area contributed by atoms with E-state index in [2.05, 4.69) is 5.32 Å². The molecular weight excluding hydrogens is 413 g/mol. The van der Waals surface area contributed by atoms with E-state index in [4.69, 9.17) is 14.2 Å². The summed E-state index contributed by atoms with van der Waals surface area (Å²) in [4.78, 5) is 36.8. The highest BCUT2D eigenvalue weighted by Gasteiger charge is 2.35. The number of hydrogen-bond donors (Lipinski definition) is 3. The molecule has 3 N–H and O–H groups in total. The van der Waals surface area contributed by atoms with Crippen LogP contribution in [0, 0.1) is 5.82 Å². The Morgan fingerprint density at radius 3 is 2.87 bits per heavy atom. The molecule has 0 saturated carbocycles. The molecule has 1 fully saturated rings. The summed E-state index contributed by atoms with van der Waals surface area (Å²) in [5.41, 5.74) is -1.08. The van der Waals surface area contributed by atoms with Crippen LogP contribution in [0.2, 0.25) is 0 Å². The first-order valence-corrected chi connectivity index (χ1v) is 9.71. The van der Waals surface area contributed by atoms with E-state index in [1.165, 1.54) is 0 Å². The lowest BCUT2D eigenvalue weighted by molar-refractivity contribution is -0.147. The molecular formula is C20H24FN3O7. The van der Waals surface area contributed by atoms with Crippen molar-refractivity contribution in [1.29, 1.82) is 0 Å². The maximum atomic E-state index is 13.5. The van der Waals surface area contributed by atoms with Crippen molar-refractivity contribution in [1.82, 2.24) is 14.9 Å². The number of aromatic amines is 1. The number of esters is 1. The van der Waals surface area contributed by atoms with Crippen molar-refractivity contribution in [2.75, 3.05) is 13.3 Å². The Bertz CT molecular complexity index is 994. The Hall–Kier alpha value is -2.86. The molecule has 0 aliphatic carbocycles. The number of aromatic nitrogens is 2. The van der Waals surface area contributed by atoms with Crippen molar-refractivity contribution in [3.05, 3.63) is 68.7 Å². The number of nitrogens with one attached hydrogen (secondary N) is 2. The predicted molar refractivity (Wildman–Crippen MR) is 105 cm³/mol. The van der Waals surface area contributed by atoms with Gasteiger partial charge in [-0.2, -0.15) is 4.39 Å². The Labute approximate surface area is 176 Å². The number of nitrogens with zero attached hydrogens (tertiary/aromatic N) is 1. The number of halogens is 1. The van der Waals surface area contributed by atoms with E-state index in [0.29, 0.717) is 0 Å². The van der Waals surface area contributed by atoms with Gasteiger partial charge in [0, 0.05) is 6.42 Å². The van der Waals surface area contributed by atoms with Crippen LogP contribution in [0.4, 0.5) is 4.39 Å². The Morgan fingerprint density at radius 2 is 2.13 bits per heavy atom. The minimum atomic E-state index is -1.13. The zero-order valence-electron chi connectivity index (χ0n) is 16.8. The highest BCUT2D eigenvalue weighted by molar-refractivity contribution is 5.75. The lowest BCUT2D eigenvalue weighted by Crippen LogP contribution is -2.38. The lowest BCUT2D eigenvalue weighted by atomic mass is 10.2. The van der Waals surface area contributed by atoms with Crippen LogP contribution in [-0.2, 0) is 25.6 Å². The number of benzene rings is 1. The van der Waals surface area contributed by atoms with Crippen molar-refractivity contribution in [3.8, 4) is 0 Å². The molecule has 31 heavy (non-hydrogen) atoms. The molecule has 0 bridgehead atoms. The van der Waals surface area contributed by atoms with Crippen molar-refractivity contribution in [2.45, 2.75) is 44.4 Å². The summed E-state index contributed by atoms with van der Waals surface area (Å²) >= 11 is 0. The van der Waals surface area contributed by atoms with E-state index in [0.717, 1.165) is 16.3 Å². The molecule has 1 unspecified atom stereocenters. The number of carbonyl (C=O) groups is 1. The van der Waals surface area contributed by atoms with Gasteiger partial charge in [0.05, 0.1) is 25.6 Å². The van der Waals surface area contributed by atoms with Crippen LogP contribution in [0.1, 0.15) is 25.1 Å². The van der Waals surface area contributed by atoms with Gasteiger partial charge in [-0.25, -0.2) is 4.79 Å². The SMILES string of the molecule is C[C@H](NCOCC1O[C@@H](n2cc(F)c(=O)[nH]c2=O)C[C@H]1O)C(=O)OCc1ccccc1. The average molecular weight is 437 g/mol. The van der Waals surface area contributed by atoms with Gasteiger partial charge in [-0.3, -0.25) is 24.5 Å². The van der Waals surface area contributed by atoms with Crippen LogP contribution >= 0.6 is 0 Å². The highest BCUT2D eigenvalue weighted by atomic mass is 19.1. The molecule has 168 valence electrons. The van der Waals surface area contributed by atoms with Gasteiger partial charge in [0.25, 0.3) is 5.56 Å². The molecule has 3 rings (SSSR count). The molecule has 0 spiro atoms. The van der Waals surface area contributed by atoms with Gasteiger partial charge in [-0.1, -0.05) is 30.3 Å². The third-order valence-electron chi connectivity index (χ3n) is 4.79. The Kier molecular flexibility index (Phi) is 7.69. The molecule has 4 atom stereocenters. The molecule has 2 aromatic rings. The molecule has 1 saturated heterocycles. The fourth-order valence-corrected chi connectivity index (χ4v) is 3.01. The number of ether oxygens (including phenoxy) is 3. The van der Waals surface area contributed by atoms with Crippen LogP contribution < -0.4 is 16.6 Å². The smallest absolute Gasteiger partial charge is 0.330 e. The molecule has 1 aliphatic heterocycles. The average Bonchev–Trinajstić information content (AvgIpc) is 3.12. The molecule has 0 radical (unpaired) electrons. The first-order valence-electron chi connectivity index (χ1n) is 9.71. The molecule has 1 aromatic carbocycles. The monoisotopic (exact) mass is 437 g/mol. The predicted octanol–water partition coefficient (Wildman–Crippen LogP) is 0.0197. The second-order valence-electron chi connectivity index (χ2n) is 7.11. The number of aliphatic hydroxyl groups is 1.